The number of nitrogens with two attached hydrogens (primary N) is 1. The van der Waals surface area contributed by atoms with Crippen LogP contribution in [0.3, 0.4) is 0 Å². The first-order valence-corrected chi connectivity index (χ1v) is 7.88. The van der Waals surface area contributed by atoms with E-state index in [-0.39, 0.29) is 10.6 Å². The molecule has 0 bridgehead atoms. The van der Waals surface area contributed by atoms with Crippen molar-refractivity contribution in [3.8, 4) is 0 Å². The lowest BCUT2D eigenvalue weighted by Crippen LogP contribution is -2.33. The van der Waals surface area contributed by atoms with Crippen molar-refractivity contribution in [1.29, 1.82) is 0 Å². The van der Waals surface area contributed by atoms with Gasteiger partial charge in [0.2, 0.25) is 0 Å². The van der Waals surface area contributed by atoms with Crippen LogP contribution in [-0.2, 0) is 12.8 Å². The molecule has 0 heterocycles. The molecule has 2 rings (SSSR count). The summed E-state index contributed by atoms with van der Waals surface area (Å²) in [7, 11) is 0. The van der Waals surface area contributed by atoms with Crippen molar-refractivity contribution in [2.45, 2.75) is 12.8 Å². The van der Waals surface area contributed by atoms with Gasteiger partial charge in [-0.05, 0) is 24.0 Å². The van der Waals surface area contributed by atoms with Crippen molar-refractivity contribution >= 4 is 5.69 Å². The summed E-state index contributed by atoms with van der Waals surface area (Å²) in [6, 6.07) is 17.2. The van der Waals surface area contributed by atoms with Gasteiger partial charge in [0.1, 0.15) is 0 Å². The topological polar surface area (TPSA) is 72.4 Å². The average Bonchev–Trinajstić information content (AvgIpc) is 2.58. The van der Waals surface area contributed by atoms with Crippen LogP contribution in [0.15, 0.2) is 54.6 Å². The van der Waals surface area contributed by atoms with E-state index in [1.165, 1.54) is 5.56 Å². The Hall–Kier alpha value is -2.24. The fourth-order valence-corrected chi connectivity index (χ4v) is 2.52. The number of hydrogen-bond donors (Lipinski definition) is 1. The molecule has 0 amide bonds. The molecule has 0 aromatic heterocycles. The third kappa shape index (κ3) is 5.81. The SMILES string of the molecule is NCCN(CCc1ccccc1)CCc1ccc([N+](=O)[O-])cc1. The maximum Gasteiger partial charge on any atom is 0.269 e. The van der Waals surface area contributed by atoms with Gasteiger partial charge in [0.05, 0.1) is 4.92 Å². The summed E-state index contributed by atoms with van der Waals surface area (Å²) in [6.45, 7) is 3.37. The van der Waals surface area contributed by atoms with E-state index < -0.39 is 0 Å². The van der Waals surface area contributed by atoms with Gasteiger partial charge in [-0.2, -0.15) is 0 Å². The Labute approximate surface area is 136 Å². The summed E-state index contributed by atoms with van der Waals surface area (Å²) in [5, 5.41) is 10.7. The minimum Gasteiger partial charge on any atom is -0.329 e. The van der Waals surface area contributed by atoms with Gasteiger partial charge in [0.25, 0.3) is 5.69 Å². The van der Waals surface area contributed by atoms with Crippen molar-refractivity contribution < 1.29 is 4.92 Å². The second-order valence-corrected chi connectivity index (χ2v) is 5.54. The predicted octanol–water partition coefficient (Wildman–Crippen LogP) is 2.64. The monoisotopic (exact) mass is 313 g/mol. The Kier molecular flexibility index (Phi) is 6.72. The number of nitro groups is 1. The highest BCUT2D eigenvalue weighted by molar-refractivity contribution is 5.32. The van der Waals surface area contributed by atoms with Gasteiger partial charge in [-0.1, -0.05) is 42.5 Å². The molecule has 5 heteroatoms. The van der Waals surface area contributed by atoms with Gasteiger partial charge >= 0.3 is 0 Å². The Bertz CT molecular complexity index is 599. The van der Waals surface area contributed by atoms with Crippen molar-refractivity contribution in [2.24, 2.45) is 5.73 Å². The molecule has 2 aromatic rings. The number of nitrogens with zero attached hydrogens (tertiary/aromatic N) is 2. The van der Waals surface area contributed by atoms with Crippen LogP contribution in [0.5, 0.6) is 0 Å². The van der Waals surface area contributed by atoms with Crippen LogP contribution in [0.25, 0.3) is 0 Å². The fourth-order valence-electron chi connectivity index (χ4n) is 2.52. The zero-order valence-electron chi connectivity index (χ0n) is 13.2. The first kappa shape index (κ1) is 17.1. The molecular weight excluding hydrogens is 290 g/mol. The fraction of sp³-hybridized carbons (Fsp3) is 0.333. The Morgan fingerprint density at radius 2 is 1.43 bits per heavy atom. The molecule has 5 nitrogen and oxygen atoms in total. The second-order valence-electron chi connectivity index (χ2n) is 5.54. The first-order valence-electron chi connectivity index (χ1n) is 7.88. The number of hydrogen-bond acceptors (Lipinski definition) is 4. The van der Waals surface area contributed by atoms with Crippen molar-refractivity contribution in [3.63, 3.8) is 0 Å². The van der Waals surface area contributed by atoms with Crippen molar-refractivity contribution in [1.82, 2.24) is 4.90 Å². The molecule has 0 radical (unpaired) electrons. The third-order valence-electron chi connectivity index (χ3n) is 3.87. The van der Waals surface area contributed by atoms with Crippen LogP contribution >= 0.6 is 0 Å². The molecule has 0 saturated heterocycles. The lowest BCUT2D eigenvalue weighted by molar-refractivity contribution is -0.384. The molecule has 0 spiro atoms. The standard InChI is InChI=1S/C18H23N3O2/c19-12-15-20(13-10-16-4-2-1-3-5-16)14-11-17-6-8-18(9-7-17)21(22)23/h1-9H,10-15,19H2. The van der Waals surface area contributed by atoms with Gasteiger partial charge in [-0.15, -0.1) is 0 Å². The maximum absolute atomic E-state index is 10.7. The summed E-state index contributed by atoms with van der Waals surface area (Å²) in [5.41, 5.74) is 8.27. The van der Waals surface area contributed by atoms with Crippen molar-refractivity contribution in [2.75, 3.05) is 26.2 Å². The van der Waals surface area contributed by atoms with E-state index in [4.69, 9.17) is 5.73 Å². The highest BCUT2D eigenvalue weighted by atomic mass is 16.6. The summed E-state index contributed by atoms with van der Waals surface area (Å²) in [4.78, 5) is 12.6. The minimum absolute atomic E-state index is 0.136. The average molecular weight is 313 g/mol. The lowest BCUT2D eigenvalue weighted by atomic mass is 10.1. The van der Waals surface area contributed by atoms with Crippen LogP contribution in [0.2, 0.25) is 0 Å². The number of rotatable bonds is 9. The smallest absolute Gasteiger partial charge is 0.269 e. The zero-order chi connectivity index (χ0) is 16.5. The van der Waals surface area contributed by atoms with Gasteiger partial charge < -0.3 is 10.6 Å². The molecule has 0 aliphatic carbocycles. The second kappa shape index (κ2) is 9.02. The predicted molar refractivity (Wildman–Crippen MR) is 92.4 cm³/mol. The molecule has 0 aliphatic heterocycles. The first-order chi connectivity index (χ1) is 11.2. The van der Waals surface area contributed by atoms with E-state index in [2.05, 4.69) is 29.2 Å². The highest BCUT2D eigenvalue weighted by Crippen LogP contribution is 2.12. The van der Waals surface area contributed by atoms with Gasteiger partial charge in [-0.3, -0.25) is 10.1 Å². The quantitative estimate of drug-likeness (QED) is 0.570. The number of benzene rings is 2. The molecule has 0 aliphatic rings. The molecule has 0 fully saturated rings. The molecule has 2 aromatic carbocycles. The molecule has 23 heavy (non-hydrogen) atoms. The molecule has 0 atom stereocenters. The van der Waals surface area contributed by atoms with Gasteiger partial charge in [0.15, 0.2) is 0 Å². The number of non-ortho nitro benzene ring substituents is 1. The van der Waals surface area contributed by atoms with Gasteiger partial charge in [-0.25, -0.2) is 0 Å². The summed E-state index contributed by atoms with van der Waals surface area (Å²) in [5.74, 6) is 0. The van der Waals surface area contributed by atoms with Crippen LogP contribution in [-0.4, -0.2) is 36.0 Å². The summed E-state index contributed by atoms with van der Waals surface area (Å²) < 4.78 is 0. The van der Waals surface area contributed by atoms with Crippen LogP contribution in [0.1, 0.15) is 11.1 Å². The summed E-state index contributed by atoms with van der Waals surface area (Å²) >= 11 is 0. The van der Waals surface area contributed by atoms with E-state index in [1.807, 2.05) is 18.2 Å². The lowest BCUT2D eigenvalue weighted by Gasteiger charge is -2.21. The zero-order valence-corrected chi connectivity index (χ0v) is 13.2. The van der Waals surface area contributed by atoms with Crippen LogP contribution < -0.4 is 5.73 Å². The van der Waals surface area contributed by atoms with Crippen LogP contribution in [0.4, 0.5) is 5.69 Å². The summed E-state index contributed by atoms with van der Waals surface area (Å²) in [6.07, 6.45) is 1.87. The Morgan fingerprint density at radius 3 is 1.96 bits per heavy atom. The molecule has 0 saturated carbocycles. The largest absolute Gasteiger partial charge is 0.329 e. The minimum atomic E-state index is -0.371. The molecule has 122 valence electrons. The molecular formula is C18H23N3O2. The Morgan fingerprint density at radius 1 is 0.870 bits per heavy atom. The molecule has 0 unspecified atom stereocenters. The van der Waals surface area contributed by atoms with E-state index in [0.29, 0.717) is 6.54 Å². The van der Waals surface area contributed by atoms with E-state index >= 15 is 0 Å². The number of nitro benzene ring substituents is 1. The van der Waals surface area contributed by atoms with Crippen molar-refractivity contribution in [3.05, 3.63) is 75.8 Å². The maximum atomic E-state index is 10.7. The highest BCUT2D eigenvalue weighted by Gasteiger charge is 2.07. The molecule has 2 N–H and O–H groups in total. The third-order valence-corrected chi connectivity index (χ3v) is 3.87. The van der Waals surface area contributed by atoms with E-state index in [9.17, 15) is 10.1 Å². The van der Waals surface area contributed by atoms with E-state index in [0.717, 1.165) is 38.0 Å². The van der Waals surface area contributed by atoms with E-state index in [1.54, 1.807) is 12.1 Å². The normalized spacial score (nSPS) is 10.9. The Balaban J connectivity index is 1.85. The van der Waals surface area contributed by atoms with Crippen LogP contribution in [0, 0.1) is 10.1 Å². The van der Waals surface area contributed by atoms with Gasteiger partial charge in [0, 0.05) is 38.3 Å².